The van der Waals surface area contributed by atoms with Crippen molar-refractivity contribution >= 4 is 22.8 Å². The van der Waals surface area contributed by atoms with Gasteiger partial charge in [-0.25, -0.2) is 4.98 Å². The van der Waals surface area contributed by atoms with Crippen molar-refractivity contribution in [2.45, 2.75) is 20.0 Å². The van der Waals surface area contributed by atoms with E-state index in [1.165, 1.54) is 7.11 Å². The first-order valence-corrected chi connectivity index (χ1v) is 9.23. The van der Waals surface area contributed by atoms with Gasteiger partial charge in [-0.1, -0.05) is 12.1 Å². The summed E-state index contributed by atoms with van der Waals surface area (Å²) in [6, 6.07) is 12.7. The van der Waals surface area contributed by atoms with Crippen LogP contribution in [0.2, 0.25) is 0 Å². The van der Waals surface area contributed by atoms with Crippen LogP contribution in [0.4, 0.5) is 0 Å². The zero-order valence-corrected chi connectivity index (χ0v) is 16.7. The van der Waals surface area contributed by atoms with Crippen molar-refractivity contribution in [3.63, 3.8) is 0 Å². The molecule has 29 heavy (non-hydrogen) atoms. The molecule has 0 radical (unpaired) electrons. The lowest BCUT2D eigenvalue weighted by Crippen LogP contribution is -2.27. The van der Waals surface area contributed by atoms with E-state index in [9.17, 15) is 9.59 Å². The van der Waals surface area contributed by atoms with Gasteiger partial charge in [0.2, 0.25) is 0 Å². The van der Waals surface area contributed by atoms with Crippen LogP contribution in [-0.2, 0) is 17.9 Å². The van der Waals surface area contributed by atoms with E-state index in [4.69, 9.17) is 15.2 Å². The van der Waals surface area contributed by atoms with Crippen LogP contribution in [0.1, 0.15) is 23.1 Å². The van der Waals surface area contributed by atoms with Crippen LogP contribution in [0.15, 0.2) is 42.5 Å². The molecule has 152 valence electrons. The van der Waals surface area contributed by atoms with E-state index in [-0.39, 0.29) is 12.5 Å². The smallest absolute Gasteiger partial charge is 0.255 e. The Morgan fingerprint density at radius 1 is 1.17 bits per heavy atom. The van der Waals surface area contributed by atoms with Gasteiger partial charge in [0, 0.05) is 19.2 Å². The number of carbonyl (C=O) groups excluding carboxylic acids is 2. The van der Waals surface area contributed by atoms with Gasteiger partial charge >= 0.3 is 0 Å². The maximum atomic E-state index is 12.9. The normalized spacial score (nSPS) is 10.7. The van der Waals surface area contributed by atoms with E-state index >= 15 is 0 Å². The van der Waals surface area contributed by atoms with Gasteiger partial charge in [0.1, 0.15) is 5.82 Å². The third-order valence-electron chi connectivity index (χ3n) is 4.56. The highest BCUT2D eigenvalue weighted by atomic mass is 16.5. The fourth-order valence-corrected chi connectivity index (χ4v) is 3.17. The molecule has 0 fully saturated rings. The Morgan fingerprint density at radius 2 is 1.93 bits per heavy atom. The maximum Gasteiger partial charge on any atom is 0.255 e. The van der Waals surface area contributed by atoms with Gasteiger partial charge in [0.25, 0.3) is 11.8 Å². The highest BCUT2D eigenvalue weighted by Crippen LogP contribution is 2.28. The largest absolute Gasteiger partial charge is 0.493 e. The van der Waals surface area contributed by atoms with E-state index in [0.29, 0.717) is 23.6 Å². The number of aromatic nitrogens is 2. The van der Waals surface area contributed by atoms with Crippen molar-refractivity contribution in [2.24, 2.45) is 5.73 Å². The van der Waals surface area contributed by atoms with Gasteiger partial charge in [0.05, 0.1) is 24.7 Å². The van der Waals surface area contributed by atoms with Crippen LogP contribution in [0.5, 0.6) is 11.5 Å². The average molecular weight is 396 g/mol. The number of amides is 2. The summed E-state index contributed by atoms with van der Waals surface area (Å²) in [4.78, 5) is 30.1. The second-order valence-electron chi connectivity index (χ2n) is 6.54. The fraction of sp³-hybridized carbons (Fsp3) is 0.286. The molecule has 8 nitrogen and oxygen atoms in total. The summed E-state index contributed by atoms with van der Waals surface area (Å²) in [6.45, 7) is 2.91. The van der Waals surface area contributed by atoms with E-state index in [2.05, 4.69) is 16.5 Å². The molecule has 2 N–H and O–H groups in total. The molecule has 0 unspecified atom stereocenters. The second kappa shape index (κ2) is 8.64. The highest BCUT2D eigenvalue weighted by Gasteiger charge is 2.18. The molecule has 0 atom stereocenters. The minimum Gasteiger partial charge on any atom is -0.493 e. The molecule has 0 saturated heterocycles. The minimum absolute atomic E-state index is 0.181. The average Bonchev–Trinajstić information content (AvgIpc) is 3.08. The van der Waals surface area contributed by atoms with Crippen LogP contribution < -0.4 is 15.2 Å². The summed E-state index contributed by atoms with van der Waals surface area (Å²) >= 11 is 0. The van der Waals surface area contributed by atoms with Crippen LogP contribution in [0.25, 0.3) is 11.0 Å². The number of benzene rings is 2. The van der Waals surface area contributed by atoms with Gasteiger partial charge in [-0.2, -0.15) is 0 Å². The number of methoxy groups -OCH3 is 1. The Morgan fingerprint density at radius 3 is 2.62 bits per heavy atom. The van der Waals surface area contributed by atoms with Crippen LogP contribution in [0.3, 0.4) is 0 Å². The number of imidazole rings is 1. The number of nitrogens with two attached hydrogens (primary N) is 1. The topological polar surface area (TPSA) is 99.7 Å². The lowest BCUT2D eigenvalue weighted by atomic mass is 10.1. The van der Waals surface area contributed by atoms with Gasteiger partial charge in [-0.15, -0.1) is 0 Å². The molecule has 0 bridgehead atoms. The molecule has 3 aromatic rings. The number of ether oxygens (including phenoxy) is 2. The molecule has 1 aromatic heterocycles. The third-order valence-corrected chi connectivity index (χ3v) is 4.56. The van der Waals surface area contributed by atoms with Gasteiger partial charge < -0.3 is 24.7 Å². The van der Waals surface area contributed by atoms with E-state index < -0.39 is 5.91 Å². The Bertz CT molecular complexity index is 1040. The first kappa shape index (κ1) is 20.2. The Balaban J connectivity index is 1.80. The molecule has 2 aromatic carbocycles. The van der Waals surface area contributed by atoms with E-state index in [1.54, 1.807) is 30.1 Å². The molecule has 0 spiro atoms. The van der Waals surface area contributed by atoms with Gasteiger partial charge in [-0.3, -0.25) is 9.59 Å². The Labute approximate surface area is 168 Å². The highest BCUT2D eigenvalue weighted by molar-refractivity contribution is 5.94. The lowest BCUT2D eigenvalue weighted by Gasteiger charge is -2.18. The Hall–Kier alpha value is -3.55. The minimum atomic E-state index is -0.592. The molecule has 0 aliphatic heterocycles. The van der Waals surface area contributed by atoms with Gasteiger partial charge in [-0.05, 0) is 37.3 Å². The number of fused-ring (bicyclic) bond motifs is 1. The van der Waals surface area contributed by atoms with Crippen LogP contribution in [0, 0.1) is 0 Å². The van der Waals surface area contributed by atoms with Crippen molar-refractivity contribution in [2.75, 3.05) is 20.8 Å². The molecule has 0 saturated carbocycles. The maximum absolute atomic E-state index is 12.9. The van der Waals surface area contributed by atoms with Crippen molar-refractivity contribution < 1.29 is 19.1 Å². The van der Waals surface area contributed by atoms with Crippen molar-refractivity contribution in [1.82, 2.24) is 14.5 Å². The summed E-state index contributed by atoms with van der Waals surface area (Å²) in [6.07, 6.45) is 0. The summed E-state index contributed by atoms with van der Waals surface area (Å²) in [5, 5.41) is 0. The first-order valence-electron chi connectivity index (χ1n) is 9.23. The molecule has 3 rings (SSSR count). The van der Waals surface area contributed by atoms with Crippen molar-refractivity contribution in [3.8, 4) is 11.5 Å². The zero-order chi connectivity index (χ0) is 21.0. The number of rotatable bonds is 8. The number of hydrogen-bond donors (Lipinski definition) is 1. The summed E-state index contributed by atoms with van der Waals surface area (Å²) < 4.78 is 12.7. The summed E-state index contributed by atoms with van der Waals surface area (Å²) in [7, 11) is 3.19. The van der Waals surface area contributed by atoms with E-state index in [1.807, 2.05) is 24.3 Å². The number of hydrogen-bond acceptors (Lipinski definition) is 5. The van der Waals surface area contributed by atoms with Crippen LogP contribution >= 0.6 is 0 Å². The molecular formula is C21H24N4O4. The van der Waals surface area contributed by atoms with Gasteiger partial charge in [0.15, 0.2) is 18.1 Å². The van der Waals surface area contributed by atoms with Crippen molar-refractivity contribution in [3.05, 3.63) is 53.9 Å². The standard InChI is InChI=1S/C21H24N4O4/c1-4-25-16-8-6-5-7-15(16)23-20(25)12-24(2)21(27)14-9-10-17(18(11-14)28-3)29-13-19(22)26/h5-11H,4,12-13H2,1-3H3,(H2,22,26). The molecule has 2 amide bonds. The number of nitrogens with zero attached hydrogens (tertiary/aromatic N) is 3. The SMILES string of the molecule is CCn1c(CN(C)C(=O)c2ccc(OCC(N)=O)c(OC)c2)nc2ccccc21. The summed E-state index contributed by atoms with van der Waals surface area (Å²) in [5.41, 5.74) is 7.49. The first-order chi connectivity index (χ1) is 13.9. The third kappa shape index (κ3) is 4.31. The monoisotopic (exact) mass is 396 g/mol. The molecule has 0 aliphatic rings. The zero-order valence-electron chi connectivity index (χ0n) is 16.7. The Kier molecular flexibility index (Phi) is 6.01. The number of para-hydroxylation sites is 2. The molecular weight excluding hydrogens is 372 g/mol. The van der Waals surface area contributed by atoms with E-state index in [0.717, 1.165) is 23.4 Å². The second-order valence-corrected chi connectivity index (χ2v) is 6.54. The molecule has 8 heteroatoms. The predicted octanol–water partition coefficient (Wildman–Crippen LogP) is 2.20. The molecule has 1 heterocycles. The van der Waals surface area contributed by atoms with Crippen LogP contribution in [-0.4, -0.2) is 47.0 Å². The quantitative estimate of drug-likeness (QED) is 0.629. The van der Waals surface area contributed by atoms with Crippen molar-refractivity contribution in [1.29, 1.82) is 0 Å². The fourth-order valence-electron chi connectivity index (χ4n) is 3.17. The predicted molar refractivity (Wildman–Crippen MR) is 109 cm³/mol. The number of carbonyl (C=O) groups is 2. The lowest BCUT2D eigenvalue weighted by molar-refractivity contribution is -0.119. The summed E-state index contributed by atoms with van der Waals surface area (Å²) in [5.74, 6) is 0.743. The number of primary amides is 1. The number of aryl methyl sites for hydroxylation is 1. The molecule has 0 aliphatic carbocycles.